The molecule has 0 radical (unpaired) electrons. The Morgan fingerprint density at radius 3 is 2.67 bits per heavy atom. The number of rotatable bonds is 5. The lowest BCUT2D eigenvalue weighted by Gasteiger charge is -2.09. The molecule has 2 aromatic carbocycles. The second kappa shape index (κ2) is 7.20. The van der Waals surface area contributed by atoms with Gasteiger partial charge in [0.1, 0.15) is 6.07 Å². The third-order valence-electron chi connectivity index (χ3n) is 3.44. The lowest BCUT2D eigenvalue weighted by molar-refractivity contribution is 0.948. The van der Waals surface area contributed by atoms with Gasteiger partial charge in [-0.15, -0.1) is 5.10 Å². The Balaban J connectivity index is 1.70. The Hall–Kier alpha value is -3.46. The highest BCUT2D eigenvalue weighted by Gasteiger charge is 2.04. The van der Waals surface area contributed by atoms with Crippen LogP contribution in [-0.4, -0.2) is 15.2 Å². The largest absolute Gasteiger partial charge is 0.349 e. The quantitative estimate of drug-likeness (QED) is 0.750. The van der Waals surface area contributed by atoms with E-state index in [1.165, 1.54) is 11.8 Å². The first-order chi connectivity index (χ1) is 11.7. The van der Waals surface area contributed by atoms with Gasteiger partial charge >= 0.3 is 0 Å². The molecule has 0 aliphatic heterocycles. The molecular formula is C18H16N6. The van der Waals surface area contributed by atoms with E-state index in [0.29, 0.717) is 29.6 Å². The fraction of sp³-hybridized carbons (Fsp3) is 0.111. The molecule has 0 aliphatic carbocycles. The maximum atomic E-state index is 9.13. The SMILES string of the molecule is Cc1ccc(CNc2nncc(Nc3ccccc3C#N)n2)cc1. The minimum Gasteiger partial charge on any atom is -0.349 e. The van der Waals surface area contributed by atoms with Crippen LogP contribution in [0.2, 0.25) is 0 Å². The molecule has 118 valence electrons. The Morgan fingerprint density at radius 1 is 1.08 bits per heavy atom. The number of nitriles is 1. The molecule has 0 fully saturated rings. The van der Waals surface area contributed by atoms with Gasteiger partial charge in [0.05, 0.1) is 17.4 Å². The number of benzene rings is 2. The van der Waals surface area contributed by atoms with E-state index in [9.17, 15) is 0 Å². The Kier molecular flexibility index (Phi) is 4.63. The zero-order valence-electron chi connectivity index (χ0n) is 13.2. The summed E-state index contributed by atoms with van der Waals surface area (Å²) in [6.45, 7) is 2.67. The minimum atomic E-state index is 0.426. The summed E-state index contributed by atoms with van der Waals surface area (Å²) < 4.78 is 0. The normalized spacial score (nSPS) is 10.0. The predicted molar refractivity (Wildman–Crippen MR) is 92.8 cm³/mol. The van der Waals surface area contributed by atoms with Gasteiger partial charge in [0.25, 0.3) is 0 Å². The third-order valence-corrected chi connectivity index (χ3v) is 3.44. The number of anilines is 3. The Labute approximate surface area is 140 Å². The van der Waals surface area contributed by atoms with E-state index >= 15 is 0 Å². The van der Waals surface area contributed by atoms with Crippen LogP contribution < -0.4 is 10.6 Å². The number of nitrogens with zero attached hydrogens (tertiary/aromatic N) is 4. The van der Waals surface area contributed by atoms with Crippen LogP contribution in [0.5, 0.6) is 0 Å². The molecule has 0 unspecified atom stereocenters. The van der Waals surface area contributed by atoms with Crippen LogP contribution in [0.3, 0.4) is 0 Å². The van der Waals surface area contributed by atoms with E-state index in [-0.39, 0.29) is 0 Å². The van der Waals surface area contributed by atoms with Crippen LogP contribution in [0.15, 0.2) is 54.7 Å². The molecule has 0 saturated carbocycles. The maximum Gasteiger partial charge on any atom is 0.244 e. The first-order valence-electron chi connectivity index (χ1n) is 7.50. The van der Waals surface area contributed by atoms with Crippen molar-refractivity contribution in [3.8, 4) is 6.07 Å². The highest BCUT2D eigenvalue weighted by molar-refractivity contribution is 5.64. The smallest absolute Gasteiger partial charge is 0.244 e. The highest BCUT2D eigenvalue weighted by atomic mass is 15.3. The number of hydrogen-bond donors (Lipinski definition) is 2. The molecule has 1 aromatic heterocycles. The summed E-state index contributed by atoms with van der Waals surface area (Å²) in [5.74, 6) is 0.953. The summed E-state index contributed by atoms with van der Waals surface area (Å²) >= 11 is 0. The number of aryl methyl sites for hydroxylation is 1. The fourth-order valence-electron chi connectivity index (χ4n) is 2.15. The number of nitrogens with one attached hydrogen (secondary N) is 2. The van der Waals surface area contributed by atoms with Crippen LogP contribution in [0.25, 0.3) is 0 Å². The molecule has 0 aliphatic rings. The van der Waals surface area contributed by atoms with E-state index in [1.54, 1.807) is 6.07 Å². The lowest BCUT2D eigenvalue weighted by atomic mass is 10.1. The average molecular weight is 316 g/mol. The first-order valence-corrected chi connectivity index (χ1v) is 7.50. The Morgan fingerprint density at radius 2 is 1.88 bits per heavy atom. The topological polar surface area (TPSA) is 86.5 Å². The van der Waals surface area contributed by atoms with Crippen LogP contribution in [0, 0.1) is 18.3 Å². The summed E-state index contributed by atoms with van der Waals surface area (Å²) in [5, 5.41) is 23.3. The minimum absolute atomic E-state index is 0.426. The molecular weight excluding hydrogens is 300 g/mol. The number of aromatic nitrogens is 3. The fourth-order valence-corrected chi connectivity index (χ4v) is 2.15. The number of para-hydroxylation sites is 1. The van der Waals surface area contributed by atoms with Crippen molar-refractivity contribution in [2.75, 3.05) is 10.6 Å². The molecule has 1 heterocycles. The molecule has 0 amide bonds. The van der Waals surface area contributed by atoms with Crippen LogP contribution in [0.4, 0.5) is 17.5 Å². The standard InChI is InChI=1S/C18H16N6/c1-13-6-8-14(9-7-13)11-20-18-23-17(12-21-24-18)22-16-5-3-2-4-15(16)10-19/h2-9,12H,11H2,1H3,(H2,20,22,23,24). The summed E-state index contributed by atoms with van der Waals surface area (Å²) in [6.07, 6.45) is 1.52. The van der Waals surface area contributed by atoms with Gasteiger partial charge in [-0.05, 0) is 24.6 Å². The second-order valence-electron chi connectivity index (χ2n) is 5.29. The van der Waals surface area contributed by atoms with E-state index < -0.39 is 0 Å². The molecule has 6 heteroatoms. The lowest BCUT2D eigenvalue weighted by Crippen LogP contribution is -2.06. The summed E-state index contributed by atoms with van der Waals surface area (Å²) in [7, 11) is 0. The summed E-state index contributed by atoms with van der Waals surface area (Å²) in [6, 6.07) is 17.6. The predicted octanol–water partition coefficient (Wildman–Crippen LogP) is 3.41. The molecule has 24 heavy (non-hydrogen) atoms. The van der Waals surface area contributed by atoms with Crippen molar-refractivity contribution in [1.82, 2.24) is 15.2 Å². The zero-order chi connectivity index (χ0) is 16.8. The summed E-state index contributed by atoms with van der Waals surface area (Å²) in [4.78, 5) is 4.37. The molecule has 6 nitrogen and oxygen atoms in total. The first kappa shape index (κ1) is 15.4. The van der Waals surface area contributed by atoms with Crippen molar-refractivity contribution in [3.05, 3.63) is 71.4 Å². The van der Waals surface area contributed by atoms with Gasteiger partial charge < -0.3 is 10.6 Å². The van der Waals surface area contributed by atoms with Crippen molar-refractivity contribution < 1.29 is 0 Å². The molecule has 2 N–H and O–H groups in total. The monoisotopic (exact) mass is 316 g/mol. The van der Waals surface area contributed by atoms with Gasteiger partial charge in [-0.25, -0.2) is 0 Å². The van der Waals surface area contributed by atoms with Crippen molar-refractivity contribution in [1.29, 1.82) is 5.26 Å². The number of hydrogen-bond acceptors (Lipinski definition) is 6. The van der Waals surface area contributed by atoms with Gasteiger partial charge in [-0.3, -0.25) is 0 Å². The van der Waals surface area contributed by atoms with Gasteiger partial charge in [-0.2, -0.15) is 15.3 Å². The van der Waals surface area contributed by atoms with Crippen LogP contribution in [-0.2, 0) is 6.54 Å². The van der Waals surface area contributed by atoms with Crippen molar-refractivity contribution in [3.63, 3.8) is 0 Å². The molecule has 3 aromatic rings. The Bertz CT molecular complexity index is 867. The van der Waals surface area contributed by atoms with Crippen LogP contribution in [0.1, 0.15) is 16.7 Å². The van der Waals surface area contributed by atoms with E-state index in [4.69, 9.17) is 5.26 Å². The zero-order valence-corrected chi connectivity index (χ0v) is 13.2. The molecule has 0 bridgehead atoms. The van der Waals surface area contributed by atoms with E-state index in [2.05, 4.69) is 63.1 Å². The third kappa shape index (κ3) is 3.84. The molecule has 0 spiro atoms. The molecule has 0 saturated heterocycles. The van der Waals surface area contributed by atoms with Crippen molar-refractivity contribution in [2.24, 2.45) is 0 Å². The summed E-state index contributed by atoms with van der Waals surface area (Å²) in [5.41, 5.74) is 3.59. The van der Waals surface area contributed by atoms with Gasteiger partial charge in [0, 0.05) is 6.54 Å². The van der Waals surface area contributed by atoms with Crippen molar-refractivity contribution in [2.45, 2.75) is 13.5 Å². The van der Waals surface area contributed by atoms with E-state index in [0.717, 1.165) is 5.56 Å². The average Bonchev–Trinajstić information content (AvgIpc) is 2.62. The molecule has 0 atom stereocenters. The molecule has 3 rings (SSSR count). The maximum absolute atomic E-state index is 9.13. The second-order valence-corrected chi connectivity index (χ2v) is 5.29. The van der Waals surface area contributed by atoms with E-state index in [1.807, 2.05) is 18.2 Å². The highest BCUT2D eigenvalue weighted by Crippen LogP contribution is 2.18. The van der Waals surface area contributed by atoms with Gasteiger partial charge in [0.15, 0.2) is 5.82 Å². The van der Waals surface area contributed by atoms with Crippen LogP contribution >= 0.6 is 0 Å². The van der Waals surface area contributed by atoms with Crippen molar-refractivity contribution >= 4 is 17.5 Å². The van der Waals surface area contributed by atoms with Gasteiger partial charge in [0.2, 0.25) is 5.95 Å². The van der Waals surface area contributed by atoms with Gasteiger partial charge in [-0.1, -0.05) is 42.0 Å².